The van der Waals surface area contributed by atoms with Crippen molar-refractivity contribution >= 4 is 11.0 Å². The molecule has 0 amide bonds. The van der Waals surface area contributed by atoms with Crippen LogP contribution in [-0.4, -0.2) is 25.8 Å². The zero-order valence-electron chi connectivity index (χ0n) is 21.8. The fourth-order valence-corrected chi connectivity index (χ4v) is 4.41. The maximum atomic E-state index is 15.3. The third kappa shape index (κ3) is 4.72. The van der Waals surface area contributed by atoms with Crippen molar-refractivity contribution < 1.29 is 13.9 Å². The Morgan fingerprint density at radius 3 is 2.33 bits per heavy atom. The molecule has 0 saturated heterocycles. The predicted molar refractivity (Wildman–Crippen MR) is 145 cm³/mol. The lowest BCUT2D eigenvalue weighted by molar-refractivity contribution is 0.414. The highest BCUT2D eigenvalue weighted by Gasteiger charge is 2.23. The van der Waals surface area contributed by atoms with Gasteiger partial charge in [0.05, 0.1) is 19.3 Å². The Morgan fingerprint density at radius 1 is 0.923 bits per heavy atom. The maximum absolute atomic E-state index is 15.3. The zero-order valence-corrected chi connectivity index (χ0v) is 21.8. The molecule has 9 nitrogen and oxygen atoms in total. The molecule has 0 aliphatic rings. The molecule has 0 saturated carbocycles. The summed E-state index contributed by atoms with van der Waals surface area (Å²) in [6.45, 7) is 3.38. The monoisotopic (exact) mass is 528 g/mol. The number of methoxy groups -OCH3 is 1. The first-order valence-corrected chi connectivity index (χ1v) is 12.1. The Morgan fingerprint density at radius 2 is 1.67 bits per heavy atom. The Kier molecular flexibility index (Phi) is 6.61. The van der Waals surface area contributed by atoms with Crippen molar-refractivity contribution in [3.05, 3.63) is 121 Å². The van der Waals surface area contributed by atoms with Crippen molar-refractivity contribution in [2.75, 3.05) is 7.11 Å². The topological polar surface area (TPSA) is 97.3 Å². The number of aryl methyl sites for hydroxylation is 3. The quantitative estimate of drug-likeness (QED) is 0.332. The molecular formula is C29H25FN4O5. The van der Waals surface area contributed by atoms with Crippen LogP contribution >= 0.6 is 0 Å². The molecule has 198 valence electrons. The molecule has 0 aliphatic heterocycles. The Labute approximate surface area is 221 Å². The van der Waals surface area contributed by atoms with E-state index >= 15 is 4.39 Å². The van der Waals surface area contributed by atoms with Crippen LogP contribution in [0.15, 0.2) is 81.2 Å². The van der Waals surface area contributed by atoms with Crippen LogP contribution in [0.5, 0.6) is 17.2 Å². The van der Waals surface area contributed by atoms with E-state index in [4.69, 9.17) is 9.47 Å². The molecule has 0 N–H and O–H groups in total. The summed E-state index contributed by atoms with van der Waals surface area (Å²) in [5.41, 5.74) is -0.289. The van der Waals surface area contributed by atoms with Crippen LogP contribution in [0.1, 0.15) is 16.8 Å². The molecule has 39 heavy (non-hydrogen) atoms. The first kappa shape index (κ1) is 25.7. The largest absolute Gasteiger partial charge is 0.497 e. The highest BCUT2D eigenvalue weighted by molar-refractivity contribution is 5.83. The van der Waals surface area contributed by atoms with Crippen LogP contribution in [0.4, 0.5) is 4.39 Å². The standard InChI is InChI=1S/C29H25FN4O5/c1-17-5-10-23(22(30)13-17)34-27-26(24(15-25(35)32(27)3)39-21-11-12-31-18(2)14-21)28(36)33(29(34)37)16-19-6-8-20(38-4)9-7-19/h5-15H,16H2,1-4H3. The molecule has 0 spiro atoms. The molecule has 10 heteroatoms. The van der Waals surface area contributed by atoms with E-state index in [9.17, 15) is 14.4 Å². The fourth-order valence-electron chi connectivity index (χ4n) is 4.41. The van der Waals surface area contributed by atoms with E-state index in [0.717, 1.165) is 13.7 Å². The molecule has 5 aromatic rings. The average molecular weight is 529 g/mol. The number of rotatable bonds is 6. The third-order valence-corrected chi connectivity index (χ3v) is 6.41. The highest BCUT2D eigenvalue weighted by Crippen LogP contribution is 2.27. The first-order chi connectivity index (χ1) is 18.7. The van der Waals surface area contributed by atoms with Crippen molar-refractivity contribution in [1.82, 2.24) is 18.7 Å². The fraction of sp³-hybridized carbons (Fsp3) is 0.172. The van der Waals surface area contributed by atoms with E-state index in [1.807, 2.05) is 0 Å². The lowest BCUT2D eigenvalue weighted by Crippen LogP contribution is -2.42. The number of nitrogens with zero attached hydrogens (tertiary/aromatic N) is 4. The van der Waals surface area contributed by atoms with Gasteiger partial charge in [-0.3, -0.25) is 23.7 Å². The van der Waals surface area contributed by atoms with E-state index in [1.165, 1.54) is 38.6 Å². The van der Waals surface area contributed by atoms with Gasteiger partial charge in [0, 0.05) is 31.1 Å². The molecule has 0 bridgehead atoms. The number of hydrogen-bond acceptors (Lipinski definition) is 6. The lowest BCUT2D eigenvalue weighted by atomic mass is 10.2. The minimum atomic E-state index is -0.807. The summed E-state index contributed by atoms with van der Waals surface area (Å²) in [4.78, 5) is 45.1. The van der Waals surface area contributed by atoms with E-state index in [0.29, 0.717) is 28.3 Å². The number of benzene rings is 2. The number of hydrogen-bond donors (Lipinski definition) is 0. The minimum absolute atomic E-state index is 0.0559. The molecular weight excluding hydrogens is 503 g/mol. The van der Waals surface area contributed by atoms with Crippen LogP contribution in [0, 0.1) is 19.7 Å². The van der Waals surface area contributed by atoms with Gasteiger partial charge in [0.15, 0.2) is 0 Å². The van der Waals surface area contributed by atoms with Crippen LogP contribution in [0.3, 0.4) is 0 Å². The van der Waals surface area contributed by atoms with Gasteiger partial charge in [-0.25, -0.2) is 13.8 Å². The average Bonchev–Trinajstić information content (AvgIpc) is 2.90. The first-order valence-electron chi connectivity index (χ1n) is 12.1. The highest BCUT2D eigenvalue weighted by atomic mass is 19.1. The van der Waals surface area contributed by atoms with Crippen molar-refractivity contribution in [3.63, 3.8) is 0 Å². The second kappa shape index (κ2) is 10.1. The summed E-state index contributed by atoms with van der Waals surface area (Å²) >= 11 is 0. The second-order valence-corrected chi connectivity index (χ2v) is 9.15. The van der Waals surface area contributed by atoms with Gasteiger partial charge >= 0.3 is 5.69 Å². The Hall–Kier alpha value is -4.99. The molecule has 2 aromatic carbocycles. The molecule has 0 aliphatic carbocycles. The molecule has 0 unspecified atom stereocenters. The summed E-state index contributed by atoms with van der Waals surface area (Å²) < 4.78 is 29.7. The normalized spacial score (nSPS) is 11.1. The second-order valence-electron chi connectivity index (χ2n) is 9.15. The smallest absolute Gasteiger partial charge is 0.337 e. The van der Waals surface area contributed by atoms with Crippen LogP contribution in [0.25, 0.3) is 16.7 Å². The zero-order chi connectivity index (χ0) is 27.8. The molecule has 0 atom stereocenters. The maximum Gasteiger partial charge on any atom is 0.337 e. The van der Waals surface area contributed by atoms with Gasteiger partial charge < -0.3 is 9.47 Å². The van der Waals surface area contributed by atoms with Crippen molar-refractivity contribution in [1.29, 1.82) is 0 Å². The van der Waals surface area contributed by atoms with Crippen LogP contribution in [-0.2, 0) is 13.6 Å². The number of ether oxygens (including phenoxy) is 2. The minimum Gasteiger partial charge on any atom is -0.497 e. The van der Waals surface area contributed by atoms with Crippen LogP contribution < -0.4 is 26.3 Å². The van der Waals surface area contributed by atoms with E-state index in [1.54, 1.807) is 56.3 Å². The Balaban J connectivity index is 1.87. The number of fused-ring (bicyclic) bond motifs is 1. The van der Waals surface area contributed by atoms with Crippen molar-refractivity contribution in [2.24, 2.45) is 7.05 Å². The number of pyridine rings is 2. The van der Waals surface area contributed by atoms with E-state index < -0.39 is 22.6 Å². The summed E-state index contributed by atoms with van der Waals surface area (Å²) in [5, 5.41) is -0.0559. The SMILES string of the molecule is COc1ccc(Cn2c(=O)c3c(Oc4ccnc(C)c4)cc(=O)n(C)c3n(-c3ccc(C)cc3F)c2=O)cc1. The third-order valence-electron chi connectivity index (χ3n) is 6.41. The van der Waals surface area contributed by atoms with Crippen molar-refractivity contribution in [3.8, 4) is 22.9 Å². The summed E-state index contributed by atoms with van der Waals surface area (Å²) in [6.07, 6.45) is 1.54. The molecule has 5 rings (SSSR count). The molecule has 3 aromatic heterocycles. The van der Waals surface area contributed by atoms with E-state index in [2.05, 4.69) is 4.98 Å². The lowest BCUT2D eigenvalue weighted by Gasteiger charge is -2.19. The van der Waals surface area contributed by atoms with Crippen molar-refractivity contribution in [2.45, 2.75) is 20.4 Å². The molecule has 3 heterocycles. The van der Waals surface area contributed by atoms with Crippen LogP contribution in [0.2, 0.25) is 0 Å². The van der Waals surface area contributed by atoms with Gasteiger partial charge in [0.2, 0.25) is 0 Å². The number of halogens is 1. The summed E-state index contributed by atoms with van der Waals surface area (Å²) in [7, 11) is 2.95. The number of aromatic nitrogens is 4. The molecule has 0 radical (unpaired) electrons. The van der Waals surface area contributed by atoms with E-state index in [-0.39, 0.29) is 29.0 Å². The summed E-state index contributed by atoms with van der Waals surface area (Å²) in [5.74, 6) is 0.213. The van der Waals surface area contributed by atoms with Gasteiger partial charge in [-0.1, -0.05) is 18.2 Å². The van der Waals surface area contributed by atoms with Gasteiger partial charge in [0.25, 0.3) is 11.1 Å². The van der Waals surface area contributed by atoms with Gasteiger partial charge in [-0.2, -0.15) is 0 Å². The Bertz CT molecular complexity index is 1910. The predicted octanol–water partition coefficient (Wildman–Crippen LogP) is 3.85. The van der Waals surface area contributed by atoms with Gasteiger partial charge in [0.1, 0.15) is 34.1 Å². The summed E-state index contributed by atoms with van der Waals surface area (Å²) in [6, 6.07) is 15.7. The van der Waals surface area contributed by atoms with Gasteiger partial charge in [-0.05, 0) is 55.3 Å². The molecule has 0 fully saturated rings. The van der Waals surface area contributed by atoms with Gasteiger partial charge in [-0.15, -0.1) is 0 Å².